The van der Waals surface area contributed by atoms with Gasteiger partial charge in [0.25, 0.3) is 5.92 Å². The first-order valence-corrected chi connectivity index (χ1v) is 16.0. The zero-order chi connectivity index (χ0) is 29.4. The molecule has 5 unspecified atom stereocenters. The minimum atomic E-state index is -3.18. The largest absolute Gasteiger partial charge is 0.463 e. The first kappa shape index (κ1) is 35.1. The quantitative estimate of drug-likeness (QED) is 0.0890. The third-order valence-corrected chi connectivity index (χ3v) is 8.20. The van der Waals surface area contributed by atoms with Gasteiger partial charge in [0.1, 0.15) is 6.10 Å². The molecule has 0 aromatic carbocycles. The van der Waals surface area contributed by atoms with Crippen LogP contribution >= 0.6 is 0 Å². The highest BCUT2D eigenvalue weighted by atomic mass is 19.3. The number of unbranched alkanes of at least 4 members (excludes halogenated alkanes) is 8. The molecule has 1 saturated carbocycles. The molecule has 0 aromatic rings. The average Bonchev–Trinajstić information content (AvgIpc) is 3.20. The maximum Gasteiger partial charge on any atom is 0.306 e. The van der Waals surface area contributed by atoms with Gasteiger partial charge in [-0.1, -0.05) is 70.4 Å². The third kappa shape index (κ3) is 13.3. The van der Waals surface area contributed by atoms with Crippen LogP contribution in [0.25, 0.3) is 0 Å². The highest BCUT2D eigenvalue weighted by Gasteiger charge is 2.43. The maximum atomic E-state index is 14.6. The van der Waals surface area contributed by atoms with Crippen molar-refractivity contribution in [2.45, 2.75) is 167 Å². The smallest absolute Gasteiger partial charge is 0.306 e. The third-order valence-electron chi connectivity index (χ3n) is 8.20. The van der Waals surface area contributed by atoms with Gasteiger partial charge in [-0.2, -0.15) is 0 Å². The summed E-state index contributed by atoms with van der Waals surface area (Å²) in [5.41, 5.74) is 0. The van der Waals surface area contributed by atoms with Crippen LogP contribution in [-0.4, -0.2) is 59.4 Å². The lowest BCUT2D eigenvalue weighted by Gasteiger charge is -2.29. The minimum Gasteiger partial charge on any atom is -0.463 e. The van der Waals surface area contributed by atoms with Gasteiger partial charge in [0.15, 0.2) is 6.29 Å². The fraction of sp³-hybridized carbons (Fsp3) is 0.906. The zero-order valence-electron chi connectivity index (χ0n) is 25.2. The molecule has 2 aliphatic rings. The number of aliphatic hydroxyl groups excluding tert-OH is 2. The number of hydrogen-bond donors (Lipinski definition) is 2. The van der Waals surface area contributed by atoms with Crippen molar-refractivity contribution >= 4 is 5.97 Å². The van der Waals surface area contributed by atoms with E-state index >= 15 is 0 Å². The Bertz CT molecular complexity index is 710. The monoisotopic (exact) mass is 574 g/mol. The van der Waals surface area contributed by atoms with E-state index in [1.165, 1.54) is 6.08 Å². The molecule has 2 rings (SSSR count). The highest BCUT2D eigenvalue weighted by molar-refractivity contribution is 5.69. The molecule has 1 heterocycles. The summed E-state index contributed by atoms with van der Waals surface area (Å²) >= 11 is 0. The van der Waals surface area contributed by atoms with E-state index in [-0.39, 0.29) is 42.7 Å². The van der Waals surface area contributed by atoms with E-state index in [1.54, 1.807) is 6.08 Å². The Hall–Kier alpha value is -1.09. The van der Waals surface area contributed by atoms with Gasteiger partial charge in [-0.25, -0.2) is 8.78 Å². The predicted octanol–water partition coefficient (Wildman–Crippen LogP) is 7.49. The SMILES string of the molecule is CCCCCCC(F)(F)C(O)/C=C/[C@H]1C(OC2CCCCO2)CC(O)C1CCCCCCCCC(=O)OC(C)C. The van der Waals surface area contributed by atoms with Crippen LogP contribution in [0.15, 0.2) is 12.2 Å². The Morgan fingerprint density at radius 3 is 2.42 bits per heavy atom. The molecule has 2 N–H and O–H groups in total. The summed E-state index contributed by atoms with van der Waals surface area (Å²) in [6, 6.07) is 0. The van der Waals surface area contributed by atoms with Gasteiger partial charge >= 0.3 is 5.97 Å². The summed E-state index contributed by atoms with van der Waals surface area (Å²) < 4.78 is 46.4. The lowest BCUT2D eigenvalue weighted by atomic mass is 9.87. The Kier molecular flexibility index (Phi) is 16.8. The van der Waals surface area contributed by atoms with Gasteiger partial charge in [0.05, 0.1) is 18.3 Å². The Morgan fingerprint density at radius 1 is 1.05 bits per heavy atom. The number of esters is 1. The first-order chi connectivity index (χ1) is 19.1. The van der Waals surface area contributed by atoms with E-state index in [2.05, 4.69) is 0 Å². The van der Waals surface area contributed by atoms with Crippen LogP contribution in [0.4, 0.5) is 8.78 Å². The second kappa shape index (κ2) is 19.2. The van der Waals surface area contributed by atoms with Gasteiger partial charge in [0, 0.05) is 31.8 Å². The van der Waals surface area contributed by atoms with E-state index in [0.29, 0.717) is 25.9 Å². The van der Waals surface area contributed by atoms with E-state index in [9.17, 15) is 23.8 Å². The molecule has 234 valence electrons. The number of carbonyl (C=O) groups excluding carboxylic acids is 1. The summed E-state index contributed by atoms with van der Waals surface area (Å²) in [5.74, 6) is -3.68. The Balaban J connectivity index is 1.87. The summed E-state index contributed by atoms with van der Waals surface area (Å²) in [5, 5.41) is 21.3. The second-order valence-electron chi connectivity index (χ2n) is 12.1. The van der Waals surface area contributed by atoms with Crippen molar-refractivity contribution in [3.63, 3.8) is 0 Å². The van der Waals surface area contributed by atoms with Gasteiger partial charge in [-0.05, 0) is 58.3 Å². The Labute approximate surface area is 241 Å². The molecule has 1 aliphatic carbocycles. The number of alkyl halides is 2. The van der Waals surface area contributed by atoms with Crippen molar-refractivity contribution < 1.29 is 38.0 Å². The van der Waals surface area contributed by atoms with Crippen molar-refractivity contribution in [1.29, 1.82) is 0 Å². The van der Waals surface area contributed by atoms with Crippen LogP contribution in [0.1, 0.15) is 130 Å². The second-order valence-corrected chi connectivity index (χ2v) is 12.1. The lowest BCUT2D eigenvalue weighted by molar-refractivity contribution is -0.193. The average molecular weight is 575 g/mol. The predicted molar refractivity (Wildman–Crippen MR) is 153 cm³/mol. The minimum absolute atomic E-state index is 0.0763. The molecule has 0 amide bonds. The number of aliphatic hydroxyl groups is 2. The van der Waals surface area contributed by atoms with Crippen molar-refractivity contribution in [3.05, 3.63) is 12.2 Å². The van der Waals surface area contributed by atoms with Crippen molar-refractivity contribution in [1.82, 2.24) is 0 Å². The molecule has 40 heavy (non-hydrogen) atoms. The van der Waals surface area contributed by atoms with E-state index in [0.717, 1.165) is 83.5 Å². The van der Waals surface area contributed by atoms with Crippen LogP contribution in [0.2, 0.25) is 0 Å². The molecule has 0 aromatic heterocycles. The summed E-state index contributed by atoms with van der Waals surface area (Å²) in [6.45, 7) is 6.38. The number of ether oxygens (including phenoxy) is 3. The van der Waals surface area contributed by atoms with Gasteiger partial charge < -0.3 is 24.4 Å². The van der Waals surface area contributed by atoms with Crippen molar-refractivity contribution in [2.24, 2.45) is 11.8 Å². The molecule has 0 radical (unpaired) electrons. The molecular formula is C32H56F2O6. The molecule has 2 fully saturated rings. The number of carbonyl (C=O) groups is 1. The highest BCUT2D eigenvalue weighted by Crippen LogP contribution is 2.40. The summed E-state index contributed by atoms with van der Waals surface area (Å²) in [7, 11) is 0. The van der Waals surface area contributed by atoms with E-state index in [4.69, 9.17) is 14.2 Å². The van der Waals surface area contributed by atoms with Crippen molar-refractivity contribution in [3.8, 4) is 0 Å². The Morgan fingerprint density at radius 2 is 1.75 bits per heavy atom. The fourth-order valence-electron chi connectivity index (χ4n) is 5.90. The van der Waals surface area contributed by atoms with Crippen molar-refractivity contribution in [2.75, 3.05) is 6.61 Å². The number of halogens is 2. The van der Waals surface area contributed by atoms with Crippen LogP contribution in [-0.2, 0) is 19.0 Å². The molecule has 1 saturated heterocycles. The van der Waals surface area contributed by atoms with Gasteiger partial charge in [-0.3, -0.25) is 4.79 Å². The standard InChI is InChI=1S/C32H56F2O6/c1-4-5-6-14-21-32(33,34)29(36)20-19-26-25(27(35)23-28(26)40-31-18-13-15-22-38-31)16-11-9-7-8-10-12-17-30(37)39-24(2)3/h19-20,24-29,31,35-36H,4-18,21-23H2,1-3H3/b20-19+/t25?,26-,27?,28?,29?,31?/m1/s1. The zero-order valence-corrected chi connectivity index (χ0v) is 25.2. The summed E-state index contributed by atoms with van der Waals surface area (Å²) in [4.78, 5) is 11.6. The van der Waals surface area contributed by atoms with E-state index < -0.39 is 18.1 Å². The number of hydrogen-bond acceptors (Lipinski definition) is 6. The van der Waals surface area contributed by atoms with Crippen LogP contribution < -0.4 is 0 Å². The van der Waals surface area contributed by atoms with Gasteiger partial charge in [-0.15, -0.1) is 0 Å². The molecule has 1 aliphatic heterocycles. The normalized spacial score (nSPS) is 26.6. The summed E-state index contributed by atoms with van der Waals surface area (Å²) in [6.07, 6.45) is 12.7. The number of rotatable bonds is 20. The lowest BCUT2D eigenvalue weighted by Crippen LogP contribution is -2.33. The first-order valence-electron chi connectivity index (χ1n) is 16.0. The maximum absolute atomic E-state index is 14.6. The molecule has 0 spiro atoms. The van der Waals surface area contributed by atoms with Crippen LogP contribution in [0, 0.1) is 11.8 Å². The topological polar surface area (TPSA) is 85.2 Å². The molecule has 6 nitrogen and oxygen atoms in total. The fourth-order valence-corrected chi connectivity index (χ4v) is 5.90. The molecule has 6 atom stereocenters. The molecular weight excluding hydrogens is 518 g/mol. The van der Waals surface area contributed by atoms with Crippen LogP contribution in [0.3, 0.4) is 0 Å². The van der Waals surface area contributed by atoms with Crippen LogP contribution in [0.5, 0.6) is 0 Å². The van der Waals surface area contributed by atoms with Gasteiger partial charge in [0.2, 0.25) is 0 Å². The molecule has 8 heteroatoms. The molecule has 0 bridgehead atoms. The van der Waals surface area contributed by atoms with E-state index in [1.807, 2.05) is 20.8 Å².